The number of anilines is 2. The Morgan fingerprint density at radius 3 is 2.75 bits per heavy atom. The van der Waals surface area contributed by atoms with Crippen molar-refractivity contribution in [2.45, 2.75) is 32.7 Å². The summed E-state index contributed by atoms with van der Waals surface area (Å²) in [5.41, 5.74) is 8.76. The Labute approximate surface area is 143 Å². The maximum Gasteiger partial charge on any atom is 0.156 e. The predicted molar refractivity (Wildman–Crippen MR) is 97.1 cm³/mol. The first-order valence-corrected chi connectivity index (χ1v) is 8.01. The van der Waals surface area contributed by atoms with Gasteiger partial charge in [-0.15, -0.1) is 0 Å². The molecule has 0 saturated carbocycles. The molecule has 1 aromatic carbocycles. The molecular formula is C18H27N3O3. The van der Waals surface area contributed by atoms with Crippen molar-refractivity contribution in [2.75, 3.05) is 31.3 Å². The van der Waals surface area contributed by atoms with Gasteiger partial charge in [-0.2, -0.15) is 0 Å². The lowest BCUT2D eigenvalue weighted by Gasteiger charge is -2.29. The van der Waals surface area contributed by atoms with Crippen molar-refractivity contribution in [1.82, 2.24) is 4.90 Å². The first kappa shape index (κ1) is 18.3. The van der Waals surface area contributed by atoms with Crippen molar-refractivity contribution >= 4 is 16.9 Å². The second-order valence-corrected chi connectivity index (χ2v) is 6.35. The molecule has 0 aromatic heterocycles. The molecule has 1 aromatic rings. The van der Waals surface area contributed by atoms with Crippen LogP contribution >= 0.6 is 0 Å². The molecular weight excluding hydrogens is 306 g/mol. The predicted octanol–water partition coefficient (Wildman–Crippen LogP) is 1.98. The van der Waals surface area contributed by atoms with Gasteiger partial charge in [-0.1, -0.05) is 6.07 Å². The normalized spacial score (nSPS) is 20.2. The lowest BCUT2D eigenvalue weighted by Crippen LogP contribution is -2.39. The maximum absolute atomic E-state index is 10.4. The van der Waals surface area contributed by atoms with Crippen LogP contribution in [0.5, 0.6) is 0 Å². The average Bonchev–Trinajstić information content (AvgIpc) is 2.52. The van der Waals surface area contributed by atoms with Gasteiger partial charge in [0.05, 0.1) is 18.0 Å². The number of nitrogen functional groups attached to an aromatic ring is 1. The zero-order valence-electron chi connectivity index (χ0n) is 14.7. The van der Waals surface area contributed by atoms with Crippen molar-refractivity contribution in [3.63, 3.8) is 0 Å². The van der Waals surface area contributed by atoms with Gasteiger partial charge in [-0.25, -0.2) is 0 Å². The van der Waals surface area contributed by atoms with Crippen LogP contribution in [-0.2, 0) is 4.74 Å². The number of aliphatic hydroxyl groups is 2. The number of nitrogens with zero attached hydrogens (tertiary/aromatic N) is 1. The Bertz CT molecular complexity index is 653. The summed E-state index contributed by atoms with van der Waals surface area (Å²) in [6, 6.07) is 5.60. The molecule has 6 heteroatoms. The van der Waals surface area contributed by atoms with Crippen LogP contribution in [0.15, 0.2) is 36.0 Å². The van der Waals surface area contributed by atoms with Gasteiger partial charge in [0.25, 0.3) is 0 Å². The summed E-state index contributed by atoms with van der Waals surface area (Å²) in [6.07, 6.45) is 3.22. The molecule has 0 fully saturated rings. The van der Waals surface area contributed by atoms with Gasteiger partial charge in [0.1, 0.15) is 6.23 Å². The first-order valence-electron chi connectivity index (χ1n) is 8.01. The summed E-state index contributed by atoms with van der Waals surface area (Å²) in [7, 11) is 1.82. The van der Waals surface area contributed by atoms with Gasteiger partial charge in [0.2, 0.25) is 0 Å². The second-order valence-electron chi connectivity index (χ2n) is 6.35. The summed E-state index contributed by atoms with van der Waals surface area (Å²) in [5, 5.41) is 23.4. The largest absolute Gasteiger partial charge is 0.397 e. The van der Waals surface area contributed by atoms with E-state index in [-0.39, 0.29) is 6.61 Å². The molecule has 24 heavy (non-hydrogen) atoms. The van der Waals surface area contributed by atoms with E-state index in [0.29, 0.717) is 18.0 Å². The lowest BCUT2D eigenvalue weighted by molar-refractivity contribution is -0.0103. The fraction of sp³-hybridized carbons (Fsp3) is 0.444. The number of hydrogen-bond acceptors (Lipinski definition) is 6. The number of nitrogens with two attached hydrogens (primary N) is 1. The highest BCUT2D eigenvalue weighted by Gasteiger charge is 2.22. The van der Waals surface area contributed by atoms with Crippen LogP contribution < -0.4 is 11.1 Å². The van der Waals surface area contributed by atoms with Crippen LogP contribution in [0.4, 0.5) is 11.4 Å². The van der Waals surface area contributed by atoms with Gasteiger partial charge in [0.15, 0.2) is 5.72 Å². The lowest BCUT2D eigenvalue weighted by atomic mass is 9.99. The molecule has 0 saturated heterocycles. The van der Waals surface area contributed by atoms with Crippen LogP contribution in [0.3, 0.4) is 0 Å². The first-order chi connectivity index (χ1) is 11.2. The van der Waals surface area contributed by atoms with E-state index in [1.54, 1.807) is 17.9 Å². The fourth-order valence-corrected chi connectivity index (χ4v) is 2.60. The molecule has 0 radical (unpaired) electrons. The van der Waals surface area contributed by atoms with E-state index >= 15 is 0 Å². The summed E-state index contributed by atoms with van der Waals surface area (Å²) in [6.45, 7) is 6.09. The number of allylic oxidation sites excluding steroid dienone is 2. The Morgan fingerprint density at radius 2 is 2.12 bits per heavy atom. The van der Waals surface area contributed by atoms with Crippen molar-refractivity contribution in [2.24, 2.45) is 0 Å². The third-order valence-electron chi connectivity index (χ3n) is 3.90. The zero-order valence-corrected chi connectivity index (χ0v) is 14.7. The van der Waals surface area contributed by atoms with Gasteiger partial charge < -0.3 is 30.9 Å². The molecule has 5 N–H and O–H groups in total. The van der Waals surface area contributed by atoms with Crippen LogP contribution in [0.25, 0.3) is 5.57 Å². The maximum atomic E-state index is 10.4. The SMILES string of the molecule is CCOC[C@@](C)(O)Nc1cc(C2=CN(C)C(O)C(C)=C2)ccc1N. The zero-order chi connectivity index (χ0) is 17.9. The summed E-state index contributed by atoms with van der Waals surface area (Å²) < 4.78 is 5.29. The molecule has 132 valence electrons. The van der Waals surface area contributed by atoms with Crippen molar-refractivity contribution in [3.8, 4) is 0 Å². The van der Waals surface area contributed by atoms with Crippen LogP contribution in [0.2, 0.25) is 0 Å². The smallest absolute Gasteiger partial charge is 0.156 e. The number of ether oxygens (including phenoxy) is 1. The Balaban J connectivity index is 2.28. The van der Waals surface area contributed by atoms with Crippen LogP contribution in [0.1, 0.15) is 26.3 Å². The summed E-state index contributed by atoms with van der Waals surface area (Å²) in [4.78, 5) is 1.75. The van der Waals surface area contributed by atoms with Gasteiger partial charge in [-0.05, 0) is 55.7 Å². The highest BCUT2D eigenvalue weighted by Crippen LogP contribution is 2.30. The fourth-order valence-electron chi connectivity index (χ4n) is 2.60. The highest BCUT2D eigenvalue weighted by molar-refractivity contribution is 5.80. The van der Waals surface area contributed by atoms with Crippen molar-refractivity contribution in [1.29, 1.82) is 0 Å². The van der Waals surface area contributed by atoms with Crippen molar-refractivity contribution < 1.29 is 14.9 Å². The number of benzene rings is 1. The standard InChI is InChI=1S/C18H27N3O3/c1-5-24-11-18(3,23)20-16-9-13(6-7-15(16)19)14-8-12(2)17(22)21(4)10-14/h6-10,17,20,22-23H,5,11,19H2,1-4H3/t17?,18-/m1/s1. The molecule has 2 atom stereocenters. The van der Waals surface area contributed by atoms with Crippen LogP contribution in [-0.4, -0.2) is 47.3 Å². The second kappa shape index (κ2) is 7.25. The quantitative estimate of drug-likeness (QED) is 0.470. The molecule has 0 bridgehead atoms. The monoisotopic (exact) mass is 333 g/mol. The Kier molecular flexibility index (Phi) is 5.54. The number of nitrogens with one attached hydrogen (secondary N) is 1. The van der Waals surface area contributed by atoms with Crippen LogP contribution in [0, 0.1) is 0 Å². The summed E-state index contributed by atoms with van der Waals surface area (Å²) >= 11 is 0. The topological polar surface area (TPSA) is 91.0 Å². The minimum atomic E-state index is -1.22. The Morgan fingerprint density at radius 1 is 1.42 bits per heavy atom. The van der Waals surface area contributed by atoms with Gasteiger partial charge in [0, 0.05) is 19.9 Å². The van der Waals surface area contributed by atoms with Gasteiger partial charge in [-0.3, -0.25) is 0 Å². The molecule has 0 amide bonds. The molecule has 1 aliphatic rings. The number of rotatable bonds is 6. The third kappa shape index (κ3) is 4.29. The molecule has 2 rings (SSSR count). The Hall–Kier alpha value is -2.02. The van der Waals surface area contributed by atoms with Crippen molar-refractivity contribution in [3.05, 3.63) is 41.6 Å². The molecule has 1 heterocycles. The van der Waals surface area contributed by atoms with E-state index in [2.05, 4.69) is 5.32 Å². The van der Waals surface area contributed by atoms with E-state index in [1.165, 1.54) is 0 Å². The number of likely N-dealkylation sites (N-methyl/N-ethyl adjacent to an activating group) is 1. The minimum absolute atomic E-state index is 0.157. The molecule has 0 aliphatic carbocycles. The third-order valence-corrected chi connectivity index (χ3v) is 3.90. The molecule has 1 unspecified atom stereocenters. The van der Waals surface area contributed by atoms with Gasteiger partial charge >= 0.3 is 0 Å². The van der Waals surface area contributed by atoms with E-state index in [0.717, 1.165) is 16.7 Å². The van der Waals surface area contributed by atoms with E-state index in [9.17, 15) is 10.2 Å². The summed E-state index contributed by atoms with van der Waals surface area (Å²) in [5.74, 6) is 0. The average molecular weight is 333 g/mol. The number of aliphatic hydroxyl groups excluding tert-OH is 1. The van der Waals surface area contributed by atoms with E-state index in [1.807, 2.05) is 45.3 Å². The number of hydrogen-bond donors (Lipinski definition) is 4. The molecule has 1 aliphatic heterocycles. The highest BCUT2D eigenvalue weighted by atomic mass is 16.5. The molecule has 6 nitrogen and oxygen atoms in total. The van der Waals surface area contributed by atoms with E-state index in [4.69, 9.17) is 10.5 Å². The minimum Gasteiger partial charge on any atom is -0.397 e. The molecule has 0 spiro atoms. The van der Waals surface area contributed by atoms with E-state index < -0.39 is 12.0 Å².